The predicted octanol–water partition coefficient (Wildman–Crippen LogP) is 3.24. The van der Waals surface area contributed by atoms with E-state index in [0.717, 1.165) is 25.4 Å². The van der Waals surface area contributed by atoms with E-state index in [1.165, 1.54) is 19.0 Å². The van der Waals surface area contributed by atoms with Crippen molar-refractivity contribution in [3.8, 4) is 0 Å². The molecule has 0 aromatic rings. The Bertz CT molecular complexity index is 292. The molecule has 5 nitrogen and oxygen atoms in total. The van der Waals surface area contributed by atoms with Gasteiger partial charge in [-0.15, -0.1) is 0 Å². The molecule has 0 aromatic carbocycles. The summed E-state index contributed by atoms with van der Waals surface area (Å²) >= 11 is 0. The number of hydrogen-bond donors (Lipinski definition) is 0. The summed E-state index contributed by atoms with van der Waals surface area (Å²) in [6.45, 7) is 12.7. The maximum Gasteiger partial charge on any atom is 0.500 e. The molecule has 1 heterocycles. The van der Waals surface area contributed by atoms with Crippen molar-refractivity contribution in [3.63, 3.8) is 0 Å². The van der Waals surface area contributed by atoms with Crippen LogP contribution in [0.1, 0.15) is 40.0 Å². The third-order valence-electron chi connectivity index (χ3n) is 4.43. The standard InChI is InChI=1S/C15H35NO4Si2/c1-6-18-22(19-7-2,20-8-3)15-10-9-12-16-13-11-14-21(16,5)17-4/h6-15H2,1-5H3. The first-order chi connectivity index (χ1) is 10.6. The topological polar surface area (TPSA) is 40.2 Å². The van der Waals surface area contributed by atoms with E-state index in [4.69, 9.17) is 17.7 Å². The third kappa shape index (κ3) is 5.70. The van der Waals surface area contributed by atoms with Crippen molar-refractivity contribution in [2.24, 2.45) is 0 Å². The fraction of sp³-hybridized carbons (Fsp3) is 1.00. The Hall–Kier alpha value is 0.234. The van der Waals surface area contributed by atoms with E-state index >= 15 is 0 Å². The van der Waals surface area contributed by atoms with Crippen molar-refractivity contribution in [1.29, 1.82) is 0 Å². The zero-order valence-electron chi connectivity index (χ0n) is 15.2. The Morgan fingerprint density at radius 1 is 1.00 bits per heavy atom. The summed E-state index contributed by atoms with van der Waals surface area (Å²) in [5.41, 5.74) is 0. The van der Waals surface area contributed by atoms with Crippen LogP contribution in [0, 0.1) is 0 Å². The summed E-state index contributed by atoms with van der Waals surface area (Å²) in [6, 6.07) is 2.18. The summed E-state index contributed by atoms with van der Waals surface area (Å²) < 4.78 is 26.1. The van der Waals surface area contributed by atoms with Crippen LogP contribution in [0.3, 0.4) is 0 Å². The van der Waals surface area contributed by atoms with Crippen LogP contribution in [0.15, 0.2) is 0 Å². The molecule has 1 fully saturated rings. The highest BCUT2D eigenvalue weighted by Crippen LogP contribution is 2.27. The lowest BCUT2D eigenvalue weighted by molar-refractivity contribution is 0.0706. The summed E-state index contributed by atoms with van der Waals surface area (Å²) in [5, 5.41) is 0. The van der Waals surface area contributed by atoms with Gasteiger partial charge in [-0.3, -0.25) is 0 Å². The normalized spacial score (nSPS) is 23.3. The monoisotopic (exact) mass is 349 g/mol. The first kappa shape index (κ1) is 20.3. The lowest BCUT2D eigenvalue weighted by atomic mass is 10.3. The molecule has 1 aliphatic heterocycles. The maximum absolute atomic E-state index is 5.91. The summed E-state index contributed by atoms with van der Waals surface area (Å²) in [5.74, 6) is 0. The van der Waals surface area contributed by atoms with Crippen LogP contribution < -0.4 is 0 Å². The molecule has 1 rings (SSSR count). The molecular formula is C15H35NO4Si2. The SMILES string of the molecule is CCO[Si](CCCCN1CCC[Si]1(C)OC)(OCC)OCC. The first-order valence-corrected chi connectivity index (χ1v) is 13.3. The van der Waals surface area contributed by atoms with Crippen LogP contribution in [-0.2, 0) is 17.7 Å². The lowest BCUT2D eigenvalue weighted by Crippen LogP contribution is -2.49. The molecule has 0 saturated carbocycles. The van der Waals surface area contributed by atoms with Crippen molar-refractivity contribution in [1.82, 2.24) is 4.57 Å². The van der Waals surface area contributed by atoms with Crippen molar-refractivity contribution in [2.75, 3.05) is 40.0 Å². The molecule has 0 amide bonds. The lowest BCUT2D eigenvalue weighted by Gasteiger charge is -2.32. The van der Waals surface area contributed by atoms with Gasteiger partial charge in [0.05, 0.1) is 0 Å². The second-order valence-electron chi connectivity index (χ2n) is 5.91. The molecule has 0 aromatic heterocycles. The van der Waals surface area contributed by atoms with Gasteiger partial charge in [0.1, 0.15) is 0 Å². The average Bonchev–Trinajstić information content (AvgIpc) is 2.86. The average molecular weight is 350 g/mol. The molecule has 1 atom stereocenters. The molecule has 0 bridgehead atoms. The van der Waals surface area contributed by atoms with Gasteiger partial charge in [0.2, 0.25) is 0 Å². The molecule has 1 saturated heterocycles. The van der Waals surface area contributed by atoms with Gasteiger partial charge in [-0.05, 0) is 65.7 Å². The molecule has 22 heavy (non-hydrogen) atoms. The highest BCUT2D eigenvalue weighted by Gasteiger charge is 2.41. The Kier molecular flexibility index (Phi) is 9.38. The van der Waals surface area contributed by atoms with Crippen molar-refractivity contribution < 1.29 is 17.7 Å². The van der Waals surface area contributed by atoms with E-state index in [1.54, 1.807) is 0 Å². The van der Waals surface area contributed by atoms with Gasteiger partial charge in [-0.25, -0.2) is 0 Å². The number of rotatable bonds is 12. The zero-order valence-corrected chi connectivity index (χ0v) is 17.2. The fourth-order valence-electron chi connectivity index (χ4n) is 3.22. The van der Waals surface area contributed by atoms with Crippen molar-refractivity contribution in [3.05, 3.63) is 0 Å². The van der Waals surface area contributed by atoms with E-state index < -0.39 is 17.3 Å². The van der Waals surface area contributed by atoms with Gasteiger partial charge < -0.3 is 22.3 Å². The minimum atomic E-state index is -2.45. The van der Waals surface area contributed by atoms with Gasteiger partial charge in [-0.2, -0.15) is 0 Å². The van der Waals surface area contributed by atoms with Gasteiger partial charge in [0, 0.05) is 33.0 Å². The van der Waals surface area contributed by atoms with Gasteiger partial charge in [0.25, 0.3) is 8.48 Å². The minimum Gasteiger partial charge on any atom is -0.406 e. The largest absolute Gasteiger partial charge is 0.500 e. The zero-order chi connectivity index (χ0) is 16.5. The minimum absolute atomic E-state index is 0.660. The number of hydrogen-bond acceptors (Lipinski definition) is 5. The Morgan fingerprint density at radius 2 is 1.59 bits per heavy atom. The van der Waals surface area contributed by atoms with Gasteiger partial charge in [-0.1, -0.05) is 0 Å². The second-order valence-corrected chi connectivity index (χ2v) is 12.5. The molecule has 1 aliphatic rings. The Balaban J connectivity index is 2.42. The van der Waals surface area contributed by atoms with Crippen LogP contribution >= 0.6 is 0 Å². The van der Waals surface area contributed by atoms with Crippen LogP contribution in [0.4, 0.5) is 0 Å². The summed E-state index contributed by atoms with van der Waals surface area (Å²) in [6.07, 6.45) is 3.54. The van der Waals surface area contributed by atoms with Crippen LogP contribution in [0.25, 0.3) is 0 Å². The Morgan fingerprint density at radius 3 is 2.09 bits per heavy atom. The van der Waals surface area contributed by atoms with Crippen LogP contribution in [-0.4, -0.2) is 61.9 Å². The van der Waals surface area contributed by atoms with Gasteiger partial charge >= 0.3 is 8.80 Å². The van der Waals surface area contributed by atoms with E-state index in [-0.39, 0.29) is 0 Å². The van der Waals surface area contributed by atoms with E-state index in [1.807, 2.05) is 27.9 Å². The summed E-state index contributed by atoms with van der Waals surface area (Å²) in [7, 11) is -2.16. The van der Waals surface area contributed by atoms with Crippen molar-refractivity contribution >= 4 is 17.3 Å². The first-order valence-electron chi connectivity index (χ1n) is 8.78. The van der Waals surface area contributed by atoms with Crippen LogP contribution in [0.5, 0.6) is 0 Å². The molecule has 0 aliphatic carbocycles. The quantitative estimate of drug-likeness (QED) is 0.399. The molecular weight excluding hydrogens is 314 g/mol. The fourth-order valence-corrected chi connectivity index (χ4v) is 8.76. The smallest absolute Gasteiger partial charge is 0.406 e. The van der Waals surface area contributed by atoms with Crippen molar-refractivity contribution in [2.45, 2.75) is 58.7 Å². The van der Waals surface area contributed by atoms with E-state index in [9.17, 15) is 0 Å². The molecule has 132 valence electrons. The van der Waals surface area contributed by atoms with Crippen LogP contribution in [0.2, 0.25) is 18.6 Å². The molecule has 7 heteroatoms. The molecule has 0 spiro atoms. The number of unbranched alkanes of at least 4 members (excludes halogenated alkanes) is 1. The molecule has 0 radical (unpaired) electrons. The number of nitrogens with zero attached hydrogens (tertiary/aromatic N) is 1. The highest BCUT2D eigenvalue weighted by molar-refractivity contribution is 6.70. The summed E-state index contributed by atoms with van der Waals surface area (Å²) in [4.78, 5) is 0. The van der Waals surface area contributed by atoms with E-state index in [0.29, 0.717) is 19.8 Å². The maximum atomic E-state index is 5.91. The Labute approximate surface area is 138 Å². The predicted molar refractivity (Wildman–Crippen MR) is 94.3 cm³/mol. The second kappa shape index (κ2) is 10.2. The molecule has 1 unspecified atom stereocenters. The van der Waals surface area contributed by atoms with E-state index in [2.05, 4.69) is 11.1 Å². The highest BCUT2D eigenvalue weighted by atomic mass is 28.4. The van der Waals surface area contributed by atoms with Gasteiger partial charge in [0.15, 0.2) is 0 Å². The third-order valence-corrected chi connectivity index (χ3v) is 11.5. The molecule has 0 N–H and O–H groups in total.